The summed E-state index contributed by atoms with van der Waals surface area (Å²) in [5.74, 6) is 5.12. The van der Waals surface area contributed by atoms with Crippen LogP contribution in [0.3, 0.4) is 0 Å². The SMILES string of the molecule is CC.CC#CC.CC=CC.CC=NC.CCCC.CCOC.CN=NC.CNC(C)=O.COC.COC(C)=O. The monoisotopic (exact) mass is 567 g/mol. The van der Waals surface area contributed by atoms with Crippen molar-refractivity contribution in [1.29, 1.82) is 0 Å². The van der Waals surface area contributed by atoms with Gasteiger partial charge in [0.05, 0.1) is 7.11 Å². The summed E-state index contributed by atoms with van der Waals surface area (Å²) in [7, 11) is 12.9. The van der Waals surface area contributed by atoms with Gasteiger partial charge in [0.2, 0.25) is 5.91 Å². The number of aliphatic imine (C=N–C) groups is 1. The molecule has 1 N–H and O–H groups in total. The Kier molecular flexibility index (Phi) is 208. The standard InChI is InChI=1S/C4H10.C4H8.C4H6.C3H7NO.C3H7N.C3H6O2.C3H8O.C2H6N2.C2H6O.C2H6/c3*1-3-4-2;1-3(5)4-2;1-3-4-2;1-3(4)5-2;2*1-3-4-2;1-3-2;1-2/h3-4H2,1-2H3;3-4H,1-2H3;1-2H3;1-2H3,(H,4,5);3H,1-2H3;1-2H3;3H2,1-2H3;1-2H3;1-2H3;1-2H3. The van der Waals surface area contributed by atoms with Gasteiger partial charge in [0.25, 0.3) is 0 Å². The van der Waals surface area contributed by atoms with Crippen LogP contribution in [0, 0.1) is 11.8 Å². The number of esters is 1. The molecule has 0 spiro atoms. The molecule has 0 rings (SSSR count). The number of unbranched alkanes of at least 4 members (excludes halogenated alkanes) is 1. The van der Waals surface area contributed by atoms with Crippen LogP contribution in [0.2, 0.25) is 0 Å². The van der Waals surface area contributed by atoms with Crippen LogP contribution in [0.4, 0.5) is 0 Å². The van der Waals surface area contributed by atoms with Gasteiger partial charge in [0.1, 0.15) is 0 Å². The highest BCUT2D eigenvalue weighted by molar-refractivity contribution is 5.72. The predicted octanol–water partition coefficient (Wildman–Crippen LogP) is 7.70. The number of carbonyl (C=O) groups excluding carboxylic acids is 2. The largest absolute Gasteiger partial charge is 0.469 e. The molecule has 0 aromatic carbocycles. The third-order valence-electron chi connectivity index (χ3n) is 2.47. The minimum atomic E-state index is -0.245. The molecule has 0 saturated carbocycles. The van der Waals surface area contributed by atoms with E-state index in [1.54, 1.807) is 55.7 Å². The maximum atomic E-state index is 9.70. The molecule has 1 amide bonds. The van der Waals surface area contributed by atoms with E-state index in [0.717, 1.165) is 6.61 Å². The number of hydrogen-bond acceptors (Lipinski definition) is 8. The number of allylic oxidation sites excluding steroid dienone is 2. The van der Waals surface area contributed by atoms with Crippen molar-refractivity contribution in [2.45, 2.75) is 95.9 Å². The molecule has 0 saturated heterocycles. The number of nitrogens with one attached hydrogen (secondary N) is 1. The quantitative estimate of drug-likeness (QED) is 0.121. The van der Waals surface area contributed by atoms with Crippen molar-refractivity contribution in [3.8, 4) is 11.8 Å². The summed E-state index contributed by atoms with van der Waals surface area (Å²) in [6.45, 7) is 23.5. The van der Waals surface area contributed by atoms with E-state index in [0.29, 0.717) is 0 Å². The smallest absolute Gasteiger partial charge is 0.302 e. The van der Waals surface area contributed by atoms with Crippen molar-refractivity contribution in [3.05, 3.63) is 12.2 Å². The molecule has 0 bridgehead atoms. The average molecular weight is 567 g/mol. The fourth-order valence-corrected chi connectivity index (χ4v) is 0. The van der Waals surface area contributed by atoms with E-state index < -0.39 is 0 Å². The van der Waals surface area contributed by atoms with Gasteiger partial charge in [0.15, 0.2) is 0 Å². The van der Waals surface area contributed by atoms with Gasteiger partial charge in [-0.15, -0.1) is 11.8 Å². The van der Waals surface area contributed by atoms with Gasteiger partial charge in [-0.05, 0) is 47.8 Å². The zero-order chi connectivity index (χ0) is 33.8. The molecule has 0 aromatic rings. The van der Waals surface area contributed by atoms with Gasteiger partial charge in [0, 0.05) is 70.0 Å². The van der Waals surface area contributed by atoms with Crippen LogP contribution in [-0.4, -0.2) is 81.3 Å². The third-order valence-corrected chi connectivity index (χ3v) is 2.47. The van der Waals surface area contributed by atoms with Crippen LogP contribution in [0.25, 0.3) is 0 Å². The summed E-state index contributed by atoms with van der Waals surface area (Å²) in [4.78, 5) is 22.9. The second kappa shape index (κ2) is 124. The van der Waals surface area contributed by atoms with Crippen molar-refractivity contribution in [2.24, 2.45) is 15.2 Å². The Labute approximate surface area is 245 Å². The topological polar surface area (TPSA) is 111 Å². The van der Waals surface area contributed by atoms with E-state index in [1.165, 1.54) is 33.8 Å². The summed E-state index contributed by atoms with van der Waals surface area (Å²) in [5, 5.41) is 9.11. The first-order valence-electron chi connectivity index (χ1n) is 13.0. The first-order chi connectivity index (χ1) is 18.4. The second-order valence-corrected chi connectivity index (χ2v) is 5.57. The molecule has 0 aliphatic heterocycles. The first kappa shape index (κ1) is 65.5. The fraction of sp³-hybridized carbons (Fsp3) is 0.767. The molecule has 0 aliphatic rings. The average Bonchev–Trinajstić information content (AvgIpc) is 2.99. The molecular weight excluding hydrogens is 496 g/mol. The van der Waals surface area contributed by atoms with Crippen LogP contribution >= 0.6 is 0 Å². The minimum Gasteiger partial charge on any atom is -0.469 e. The van der Waals surface area contributed by atoms with Gasteiger partial charge in [-0.25, -0.2) is 0 Å². The molecule has 0 aliphatic carbocycles. The van der Waals surface area contributed by atoms with E-state index in [2.05, 4.69) is 60.4 Å². The Morgan fingerprint density at radius 2 is 1.00 bits per heavy atom. The number of methoxy groups -OCH3 is 3. The molecule has 0 atom stereocenters. The zero-order valence-electron chi connectivity index (χ0n) is 29.7. The van der Waals surface area contributed by atoms with Crippen molar-refractivity contribution >= 4 is 18.1 Å². The highest BCUT2D eigenvalue weighted by Crippen LogP contribution is 1.76. The Balaban J connectivity index is -0.0000000302. The molecule has 0 unspecified atom stereocenters. The van der Waals surface area contributed by atoms with E-state index in [4.69, 9.17) is 0 Å². The van der Waals surface area contributed by atoms with Crippen LogP contribution in [0.1, 0.15) is 95.9 Å². The van der Waals surface area contributed by atoms with Crippen LogP contribution in [0.5, 0.6) is 0 Å². The lowest BCUT2D eigenvalue weighted by molar-refractivity contribution is -0.137. The molecule has 0 radical (unpaired) electrons. The molecule has 240 valence electrons. The van der Waals surface area contributed by atoms with Gasteiger partial charge in [-0.1, -0.05) is 52.7 Å². The van der Waals surface area contributed by atoms with Crippen LogP contribution < -0.4 is 5.32 Å². The molecule has 0 heterocycles. The van der Waals surface area contributed by atoms with Crippen molar-refractivity contribution in [1.82, 2.24) is 5.32 Å². The number of ether oxygens (including phenoxy) is 3. The zero-order valence-corrected chi connectivity index (χ0v) is 29.7. The van der Waals surface area contributed by atoms with Crippen molar-refractivity contribution in [3.63, 3.8) is 0 Å². The third kappa shape index (κ3) is 717. The minimum absolute atomic E-state index is 0.00463. The lowest BCUT2D eigenvalue weighted by Gasteiger charge is -1.80. The van der Waals surface area contributed by atoms with E-state index >= 15 is 0 Å². The van der Waals surface area contributed by atoms with E-state index in [1.807, 2.05) is 67.5 Å². The van der Waals surface area contributed by atoms with E-state index in [-0.39, 0.29) is 11.9 Å². The Morgan fingerprint density at radius 3 is 1.00 bits per heavy atom. The van der Waals surface area contributed by atoms with Crippen molar-refractivity contribution in [2.75, 3.05) is 63.2 Å². The molecule has 0 fully saturated rings. The molecule has 9 nitrogen and oxygen atoms in total. The lowest BCUT2D eigenvalue weighted by atomic mass is 10.4. The van der Waals surface area contributed by atoms with Gasteiger partial charge in [-0.2, -0.15) is 10.2 Å². The molecular formula is C30H70N4O5. The highest BCUT2D eigenvalue weighted by atomic mass is 16.5. The summed E-state index contributed by atoms with van der Waals surface area (Å²) in [6, 6.07) is 0. The number of carbonyl (C=O) groups is 2. The first-order valence-corrected chi connectivity index (χ1v) is 13.0. The predicted molar refractivity (Wildman–Crippen MR) is 176 cm³/mol. The molecule has 0 aromatic heterocycles. The van der Waals surface area contributed by atoms with Gasteiger partial charge >= 0.3 is 5.97 Å². The van der Waals surface area contributed by atoms with Gasteiger partial charge < -0.3 is 24.5 Å². The Bertz CT molecular complexity index is 408. The van der Waals surface area contributed by atoms with Crippen LogP contribution in [0.15, 0.2) is 27.4 Å². The number of hydrogen-bond donors (Lipinski definition) is 1. The van der Waals surface area contributed by atoms with Gasteiger partial charge in [-0.3, -0.25) is 9.59 Å². The summed E-state index contributed by atoms with van der Waals surface area (Å²) >= 11 is 0. The van der Waals surface area contributed by atoms with Crippen LogP contribution in [-0.2, 0) is 23.8 Å². The number of nitrogens with zero attached hydrogens (tertiary/aromatic N) is 3. The number of rotatable bonds is 2. The summed E-state index contributed by atoms with van der Waals surface area (Å²) in [5.41, 5.74) is 0. The number of amides is 1. The lowest BCUT2D eigenvalue weighted by Crippen LogP contribution is -2.11. The maximum absolute atomic E-state index is 9.70. The second-order valence-electron chi connectivity index (χ2n) is 5.57. The Hall–Kier alpha value is -2.57. The normalized spacial score (nSPS) is 7.18. The molecule has 39 heavy (non-hydrogen) atoms. The summed E-state index contributed by atoms with van der Waals surface area (Å²) < 4.78 is 12.9. The molecule has 9 heteroatoms. The number of azo groups is 1. The maximum Gasteiger partial charge on any atom is 0.302 e. The van der Waals surface area contributed by atoms with Crippen molar-refractivity contribution < 1.29 is 23.8 Å². The van der Waals surface area contributed by atoms with E-state index in [9.17, 15) is 9.59 Å². The fourth-order valence-electron chi connectivity index (χ4n) is 0. The highest BCUT2D eigenvalue weighted by Gasteiger charge is 1.75. The summed E-state index contributed by atoms with van der Waals surface area (Å²) in [6.07, 6.45) is 8.39. The Morgan fingerprint density at radius 1 is 0.795 bits per heavy atom.